The zero-order valence-corrected chi connectivity index (χ0v) is 18.3. The maximum Gasteiger partial charge on any atom is 0.339 e. The van der Waals surface area contributed by atoms with Crippen molar-refractivity contribution in [1.82, 2.24) is 0 Å². The summed E-state index contributed by atoms with van der Waals surface area (Å²) < 4.78 is 24.0. The Balaban J connectivity index is 1.88. The molecule has 0 aliphatic heterocycles. The molecule has 0 saturated carbocycles. The van der Waals surface area contributed by atoms with Crippen LogP contribution in [0.15, 0.2) is 94.2 Å². The zero-order chi connectivity index (χ0) is 20.0. The second-order valence-corrected chi connectivity index (χ2v) is 9.71. The molecule has 28 heavy (non-hydrogen) atoms. The Morgan fingerprint density at radius 2 is 1.54 bits per heavy atom. The first-order valence-electron chi connectivity index (χ1n) is 8.71. The van der Waals surface area contributed by atoms with E-state index >= 15 is 0 Å². The summed E-state index contributed by atoms with van der Waals surface area (Å²) in [5, 5.41) is 0. The van der Waals surface area contributed by atoms with Crippen LogP contribution in [0.1, 0.15) is 22.0 Å². The van der Waals surface area contributed by atoms with Gasteiger partial charge in [0.15, 0.2) is 0 Å². The van der Waals surface area contributed by atoms with Crippen molar-refractivity contribution in [2.75, 3.05) is 12.8 Å². The summed E-state index contributed by atoms with van der Waals surface area (Å²) in [6.45, 7) is 0.114. The Labute approximate surface area is 179 Å². The van der Waals surface area contributed by atoms with Gasteiger partial charge in [-0.15, -0.1) is 0 Å². The van der Waals surface area contributed by atoms with Crippen molar-refractivity contribution in [2.45, 2.75) is 11.0 Å². The van der Waals surface area contributed by atoms with Gasteiger partial charge in [-0.25, -0.2) is 13.4 Å². The summed E-state index contributed by atoms with van der Waals surface area (Å²) >= 11 is 2.11. The lowest BCUT2D eigenvalue weighted by Crippen LogP contribution is -2.16. The number of nitrogens with zero attached hydrogens (tertiary/aromatic N) is 1. The number of carbonyl (C=O) groups excluding carboxylic acids is 1. The third-order valence-electron chi connectivity index (χ3n) is 4.18. The van der Waals surface area contributed by atoms with Crippen LogP contribution in [0.4, 0.5) is 0 Å². The molecule has 0 amide bonds. The molecule has 0 N–H and O–H groups in total. The smallest absolute Gasteiger partial charge is 0.339 e. The van der Waals surface area contributed by atoms with Crippen molar-refractivity contribution in [1.29, 1.82) is 0 Å². The molecular weight excluding hydrogens is 485 g/mol. The number of halogens is 1. The molecule has 6 heteroatoms. The summed E-state index contributed by atoms with van der Waals surface area (Å²) in [7, 11) is -2.59. The van der Waals surface area contributed by atoms with Crippen molar-refractivity contribution in [3.8, 4) is 0 Å². The third-order valence-corrected chi connectivity index (χ3v) is 6.91. The number of hydrogen-bond donors (Lipinski definition) is 0. The van der Waals surface area contributed by atoms with Crippen molar-refractivity contribution in [2.24, 2.45) is 4.36 Å². The van der Waals surface area contributed by atoms with Crippen LogP contribution >= 0.6 is 22.6 Å². The number of esters is 1. The predicted molar refractivity (Wildman–Crippen MR) is 120 cm³/mol. The Hall–Kier alpha value is -2.19. The van der Waals surface area contributed by atoms with Crippen LogP contribution < -0.4 is 0 Å². The lowest BCUT2D eigenvalue weighted by atomic mass is 10.1. The molecule has 3 aromatic carbocycles. The van der Waals surface area contributed by atoms with E-state index in [1.807, 2.05) is 60.7 Å². The minimum absolute atomic E-state index is 0.114. The van der Waals surface area contributed by atoms with Gasteiger partial charge in [0.05, 0.1) is 21.8 Å². The normalized spacial score (nSPS) is 13.9. The molecule has 0 fully saturated rings. The predicted octanol–water partition coefficient (Wildman–Crippen LogP) is 5.35. The van der Waals surface area contributed by atoms with Gasteiger partial charge in [-0.05, 0) is 52.4 Å². The second-order valence-electron chi connectivity index (χ2n) is 6.21. The van der Waals surface area contributed by atoms with Crippen molar-refractivity contribution in [3.63, 3.8) is 0 Å². The number of hydrogen-bond acceptors (Lipinski definition) is 4. The SMILES string of the molecule is CS(=O)(=NCC(OC(=O)c1ccccc1I)c1ccccc1)c1ccccc1. The van der Waals surface area contributed by atoms with Crippen LogP contribution in [0.3, 0.4) is 0 Å². The summed E-state index contributed by atoms with van der Waals surface area (Å²) in [6, 6.07) is 25.8. The lowest BCUT2D eigenvalue weighted by Gasteiger charge is -2.18. The molecule has 2 atom stereocenters. The van der Waals surface area contributed by atoms with Gasteiger partial charge in [0.25, 0.3) is 0 Å². The van der Waals surface area contributed by atoms with Gasteiger partial charge in [0, 0.05) is 14.7 Å². The summed E-state index contributed by atoms with van der Waals surface area (Å²) in [5.41, 5.74) is 1.32. The lowest BCUT2D eigenvalue weighted by molar-refractivity contribution is 0.0316. The van der Waals surface area contributed by atoms with Crippen molar-refractivity contribution < 1.29 is 13.7 Å². The number of benzene rings is 3. The second kappa shape index (κ2) is 9.34. The van der Waals surface area contributed by atoms with Gasteiger partial charge in [0.2, 0.25) is 0 Å². The monoisotopic (exact) mass is 505 g/mol. The van der Waals surface area contributed by atoms with Crippen LogP contribution in [0.5, 0.6) is 0 Å². The quantitative estimate of drug-likeness (QED) is 0.336. The number of carbonyl (C=O) groups is 1. The first kappa shape index (κ1) is 20.5. The van der Waals surface area contributed by atoms with E-state index in [0.717, 1.165) is 9.13 Å². The molecule has 2 unspecified atom stereocenters. The largest absolute Gasteiger partial charge is 0.452 e. The molecule has 0 radical (unpaired) electrons. The number of ether oxygens (including phenoxy) is 1. The highest BCUT2D eigenvalue weighted by Crippen LogP contribution is 2.23. The van der Waals surface area contributed by atoms with Gasteiger partial charge in [-0.2, -0.15) is 0 Å². The van der Waals surface area contributed by atoms with Crippen LogP contribution in [0, 0.1) is 3.57 Å². The van der Waals surface area contributed by atoms with E-state index in [9.17, 15) is 9.00 Å². The van der Waals surface area contributed by atoms with Crippen molar-refractivity contribution >= 4 is 38.3 Å². The molecule has 0 bridgehead atoms. The minimum Gasteiger partial charge on any atom is -0.452 e. The minimum atomic E-state index is -2.59. The maximum absolute atomic E-state index is 13.0. The van der Waals surface area contributed by atoms with Gasteiger partial charge < -0.3 is 4.74 Å². The summed E-state index contributed by atoms with van der Waals surface area (Å²) in [6.07, 6.45) is 0.987. The van der Waals surface area contributed by atoms with Crippen LogP contribution in [-0.4, -0.2) is 23.0 Å². The van der Waals surface area contributed by atoms with Crippen LogP contribution in [0.25, 0.3) is 0 Å². The first-order chi connectivity index (χ1) is 13.5. The molecule has 0 spiro atoms. The summed E-state index contributed by atoms with van der Waals surface area (Å²) in [4.78, 5) is 13.4. The van der Waals surface area contributed by atoms with Gasteiger partial charge in [0.1, 0.15) is 6.10 Å². The molecule has 144 valence electrons. The molecule has 4 nitrogen and oxygen atoms in total. The number of rotatable bonds is 6. The molecule has 0 aliphatic carbocycles. The Bertz CT molecular complexity index is 1060. The van der Waals surface area contributed by atoms with E-state index in [-0.39, 0.29) is 6.54 Å². The van der Waals surface area contributed by atoms with Crippen LogP contribution in [-0.2, 0) is 14.5 Å². The van der Waals surface area contributed by atoms with E-state index in [4.69, 9.17) is 4.74 Å². The first-order valence-corrected chi connectivity index (χ1v) is 11.7. The Kier molecular flexibility index (Phi) is 6.85. The zero-order valence-electron chi connectivity index (χ0n) is 15.3. The molecule has 3 rings (SSSR count). The van der Waals surface area contributed by atoms with E-state index in [1.54, 1.807) is 30.5 Å². The molecule has 3 aromatic rings. The highest BCUT2D eigenvalue weighted by Gasteiger charge is 2.20. The van der Waals surface area contributed by atoms with E-state index in [1.165, 1.54) is 0 Å². The standard InChI is InChI=1S/C22H20INO3S/c1-28(26,18-12-6-3-7-13-18)24-16-21(17-10-4-2-5-11-17)27-22(25)19-14-8-9-15-20(19)23/h2-15,21H,16H2,1H3. The topological polar surface area (TPSA) is 55.7 Å². The maximum atomic E-state index is 13.0. The molecule has 0 aromatic heterocycles. The fraction of sp³-hybridized carbons (Fsp3) is 0.136. The highest BCUT2D eigenvalue weighted by molar-refractivity contribution is 14.1. The van der Waals surface area contributed by atoms with E-state index < -0.39 is 21.8 Å². The molecule has 0 saturated heterocycles. The average Bonchev–Trinajstić information content (AvgIpc) is 2.72. The highest BCUT2D eigenvalue weighted by atomic mass is 127. The van der Waals surface area contributed by atoms with Gasteiger partial charge >= 0.3 is 5.97 Å². The van der Waals surface area contributed by atoms with E-state index in [0.29, 0.717) is 10.5 Å². The molecule has 0 heterocycles. The van der Waals surface area contributed by atoms with Gasteiger partial charge in [-0.1, -0.05) is 60.7 Å². The summed E-state index contributed by atoms with van der Waals surface area (Å²) in [5.74, 6) is -0.420. The average molecular weight is 505 g/mol. The van der Waals surface area contributed by atoms with E-state index in [2.05, 4.69) is 27.0 Å². The van der Waals surface area contributed by atoms with Gasteiger partial charge in [-0.3, -0.25) is 0 Å². The van der Waals surface area contributed by atoms with Crippen molar-refractivity contribution in [3.05, 3.63) is 99.6 Å². The fourth-order valence-corrected chi connectivity index (χ4v) is 4.49. The third kappa shape index (κ3) is 5.20. The Morgan fingerprint density at radius 3 is 2.18 bits per heavy atom. The molecule has 0 aliphatic rings. The fourth-order valence-electron chi connectivity index (χ4n) is 2.66. The Morgan fingerprint density at radius 1 is 0.964 bits per heavy atom. The molecular formula is C22H20INO3S. The van der Waals surface area contributed by atoms with Crippen LogP contribution in [0.2, 0.25) is 0 Å².